The van der Waals surface area contributed by atoms with Crippen LogP contribution in [0.5, 0.6) is 5.75 Å². The highest BCUT2D eigenvalue weighted by Gasteiger charge is 2.33. The number of halogens is 1. The smallest absolute Gasteiger partial charge is 0.414 e. The van der Waals surface area contributed by atoms with Gasteiger partial charge in [-0.2, -0.15) is 0 Å². The molecule has 2 amide bonds. The molecule has 1 atom stereocenters. The van der Waals surface area contributed by atoms with Crippen molar-refractivity contribution in [1.29, 1.82) is 0 Å². The molecule has 3 aromatic carbocycles. The van der Waals surface area contributed by atoms with Gasteiger partial charge < -0.3 is 19.7 Å². The lowest BCUT2D eigenvalue weighted by atomic mass is 10.1. The van der Waals surface area contributed by atoms with Crippen molar-refractivity contribution in [3.05, 3.63) is 89.7 Å². The second kappa shape index (κ2) is 12.2. The lowest BCUT2D eigenvalue weighted by Gasteiger charge is -2.21. The van der Waals surface area contributed by atoms with Crippen molar-refractivity contribution in [3.63, 3.8) is 0 Å². The number of hydrogen-bond donors (Lipinski definition) is 1. The minimum absolute atomic E-state index is 0.0123. The molecule has 0 aromatic heterocycles. The molecule has 4 rings (SSSR count). The van der Waals surface area contributed by atoms with Crippen LogP contribution in [0.4, 0.5) is 20.6 Å². The van der Waals surface area contributed by atoms with Gasteiger partial charge in [0.25, 0.3) is 0 Å². The van der Waals surface area contributed by atoms with Crippen LogP contribution in [0.15, 0.2) is 72.8 Å². The molecule has 9 heteroatoms. The van der Waals surface area contributed by atoms with Crippen molar-refractivity contribution in [2.75, 3.05) is 37.0 Å². The molecule has 1 N–H and O–H groups in total. The van der Waals surface area contributed by atoms with Gasteiger partial charge in [-0.1, -0.05) is 30.3 Å². The second-order valence-corrected chi connectivity index (χ2v) is 9.05. The molecule has 0 bridgehead atoms. The summed E-state index contributed by atoms with van der Waals surface area (Å²) < 4.78 is 25.4. The summed E-state index contributed by atoms with van der Waals surface area (Å²) in [6, 6.07) is 21.0. The van der Waals surface area contributed by atoms with Gasteiger partial charge in [-0.05, 0) is 48.0 Å². The fourth-order valence-corrected chi connectivity index (χ4v) is 4.22. The number of rotatable bonds is 11. The lowest BCUT2D eigenvalue weighted by Crippen LogP contribution is -2.34. The molecular formula is C29H30FN3O5. The van der Waals surface area contributed by atoms with Crippen LogP contribution in [0.2, 0.25) is 0 Å². The number of amides is 2. The van der Waals surface area contributed by atoms with Crippen molar-refractivity contribution >= 4 is 29.2 Å². The van der Waals surface area contributed by atoms with E-state index < -0.39 is 18.0 Å². The number of ether oxygens (including phenoxy) is 2. The van der Waals surface area contributed by atoms with E-state index in [0.717, 1.165) is 5.56 Å². The van der Waals surface area contributed by atoms with Crippen molar-refractivity contribution in [2.24, 2.45) is 0 Å². The van der Waals surface area contributed by atoms with E-state index >= 15 is 0 Å². The molecule has 0 spiro atoms. The highest BCUT2D eigenvalue weighted by atomic mass is 19.1. The monoisotopic (exact) mass is 519 g/mol. The standard InChI is InChI=1S/C29H30FN3O5/c1-32(18-20-6-4-3-5-7-20)26-13-10-22(16-25(26)30)33-19-24(38-29(33)36)17-31-28(35)15-14-27(34)21-8-11-23(37-2)12-9-21/h3-13,16,24H,14-15,17-19H2,1-2H3,(H,31,35)/t24-/m0/s1. The molecule has 8 nitrogen and oxygen atoms in total. The minimum atomic E-state index is -0.608. The molecular weight excluding hydrogens is 489 g/mol. The highest BCUT2D eigenvalue weighted by Crippen LogP contribution is 2.28. The Labute approximate surface area is 221 Å². The summed E-state index contributed by atoms with van der Waals surface area (Å²) in [5.74, 6) is -0.278. The first-order chi connectivity index (χ1) is 18.3. The number of cyclic esters (lactones) is 1. The number of ketones is 1. The number of nitrogens with one attached hydrogen (secondary N) is 1. The first kappa shape index (κ1) is 26.7. The highest BCUT2D eigenvalue weighted by molar-refractivity contribution is 5.98. The minimum Gasteiger partial charge on any atom is -0.497 e. The SMILES string of the molecule is COc1ccc(C(=O)CCC(=O)NC[C@H]2CN(c3ccc(N(C)Cc4ccccc4)c(F)c3)C(=O)O2)cc1. The molecule has 38 heavy (non-hydrogen) atoms. The molecule has 1 aliphatic heterocycles. The van der Waals surface area contributed by atoms with Crippen LogP contribution in [-0.4, -0.2) is 51.1 Å². The zero-order valence-corrected chi connectivity index (χ0v) is 21.4. The van der Waals surface area contributed by atoms with E-state index in [1.807, 2.05) is 30.3 Å². The summed E-state index contributed by atoms with van der Waals surface area (Å²) in [6.07, 6.45) is -1.13. The predicted molar refractivity (Wildman–Crippen MR) is 142 cm³/mol. The van der Waals surface area contributed by atoms with E-state index in [1.54, 1.807) is 55.5 Å². The average Bonchev–Trinajstić information content (AvgIpc) is 3.31. The van der Waals surface area contributed by atoms with E-state index in [9.17, 15) is 18.8 Å². The Morgan fingerprint density at radius 2 is 1.82 bits per heavy atom. The van der Waals surface area contributed by atoms with E-state index in [1.165, 1.54) is 11.0 Å². The van der Waals surface area contributed by atoms with Gasteiger partial charge in [0.2, 0.25) is 5.91 Å². The van der Waals surface area contributed by atoms with E-state index in [2.05, 4.69) is 5.32 Å². The van der Waals surface area contributed by atoms with Crippen molar-refractivity contribution in [3.8, 4) is 5.75 Å². The first-order valence-electron chi connectivity index (χ1n) is 12.3. The molecule has 1 saturated heterocycles. The van der Waals surface area contributed by atoms with Gasteiger partial charge in [-0.3, -0.25) is 14.5 Å². The number of Topliss-reactive ketones (excluding diaryl/α,β-unsaturated/α-hetero) is 1. The average molecular weight is 520 g/mol. The molecule has 3 aromatic rings. The Morgan fingerprint density at radius 3 is 2.50 bits per heavy atom. The third-order valence-corrected chi connectivity index (χ3v) is 6.31. The first-order valence-corrected chi connectivity index (χ1v) is 12.3. The molecule has 1 heterocycles. The van der Waals surface area contributed by atoms with Gasteiger partial charge >= 0.3 is 6.09 Å². The van der Waals surface area contributed by atoms with E-state index in [0.29, 0.717) is 29.2 Å². The Bertz CT molecular complexity index is 1280. The third kappa shape index (κ3) is 6.67. The number of benzene rings is 3. The Balaban J connectivity index is 1.26. The number of hydrogen-bond acceptors (Lipinski definition) is 6. The molecule has 0 radical (unpaired) electrons. The molecule has 1 fully saturated rings. The maximum Gasteiger partial charge on any atom is 0.414 e. The van der Waals surface area contributed by atoms with Crippen LogP contribution < -0.4 is 19.9 Å². The van der Waals surface area contributed by atoms with Crippen molar-refractivity contribution in [2.45, 2.75) is 25.5 Å². The summed E-state index contributed by atoms with van der Waals surface area (Å²) in [5.41, 5.74) is 2.35. The second-order valence-electron chi connectivity index (χ2n) is 9.05. The summed E-state index contributed by atoms with van der Waals surface area (Å²) in [7, 11) is 3.35. The normalized spacial score (nSPS) is 14.7. The Morgan fingerprint density at radius 1 is 1.08 bits per heavy atom. The molecule has 1 aliphatic rings. The zero-order valence-electron chi connectivity index (χ0n) is 21.4. The Kier molecular flexibility index (Phi) is 8.58. The molecule has 0 unspecified atom stereocenters. The molecule has 198 valence electrons. The van der Waals surface area contributed by atoms with Gasteiger partial charge in [-0.15, -0.1) is 0 Å². The maximum absolute atomic E-state index is 14.9. The number of carbonyl (C=O) groups excluding carboxylic acids is 3. The van der Waals surface area contributed by atoms with Gasteiger partial charge in [0.05, 0.1) is 31.6 Å². The van der Waals surface area contributed by atoms with E-state index in [4.69, 9.17) is 9.47 Å². The summed E-state index contributed by atoms with van der Waals surface area (Å²) in [6.45, 7) is 0.803. The van der Waals surface area contributed by atoms with Crippen molar-refractivity contribution in [1.82, 2.24) is 5.32 Å². The van der Waals surface area contributed by atoms with Crippen LogP contribution >= 0.6 is 0 Å². The largest absolute Gasteiger partial charge is 0.497 e. The zero-order chi connectivity index (χ0) is 27.1. The van der Waals surface area contributed by atoms with E-state index in [-0.39, 0.29) is 37.6 Å². The fraction of sp³-hybridized carbons (Fsp3) is 0.276. The third-order valence-electron chi connectivity index (χ3n) is 6.31. The number of carbonyl (C=O) groups is 3. The predicted octanol–water partition coefficient (Wildman–Crippen LogP) is 4.58. The Hall–Kier alpha value is -4.40. The van der Waals surface area contributed by atoms with Crippen LogP contribution in [0.25, 0.3) is 0 Å². The topological polar surface area (TPSA) is 88.2 Å². The van der Waals surface area contributed by atoms with Gasteiger partial charge in [0.1, 0.15) is 17.7 Å². The van der Waals surface area contributed by atoms with Crippen molar-refractivity contribution < 1.29 is 28.2 Å². The summed E-state index contributed by atoms with van der Waals surface area (Å²) >= 11 is 0. The summed E-state index contributed by atoms with van der Waals surface area (Å²) in [5, 5.41) is 2.71. The lowest BCUT2D eigenvalue weighted by molar-refractivity contribution is -0.121. The van der Waals surface area contributed by atoms with Crippen LogP contribution in [0, 0.1) is 5.82 Å². The van der Waals surface area contributed by atoms with Gasteiger partial charge in [-0.25, -0.2) is 9.18 Å². The van der Waals surface area contributed by atoms with Crippen LogP contribution in [0.1, 0.15) is 28.8 Å². The quantitative estimate of drug-likeness (QED) is 0.373. The van der Waals surface area contributed by atoms with Crippen LogP contribution in [0.3, 0.4) is 0 Å². The van der Waals surface area contributed by atoms with Crippen LogP contribution in [-0.2, 0) is 16.1 Å². The van der Waals surface area contributed by atoms with Gasteiger partial charge in [0.15, 0.2) is 5.78 Å². The number of nitrogens with zero attached hydrogens (tertiary/aromatic N) is 2. The summed E-state index contributed by atoms with van der Waals surface area (Å²) in [4.78, 5) is 40.1. The number of methoxy groups -OCH3 is 1. The fourth-order valence-electron chi connectivity index (χ4n) is 4.22. The van der Waals surface area contributed by atoms with Gasteiger partial charge in [0, 0.05) is 32.0 Å². The maximum atomic E-state index is 14.9. The molecule has 0 saturated carbocycles. The number of anilines is 2. The molecule has 0 aliphatic carbocycles.